The first kappa shape index (κ1) is 15.5. The standard InChI is InChI=1S/C18H29NO/c1-14(2)12-15-8-10-16(11-9-15)18(3,13-20)19-17-6-4-5-7-17/h8-11,14,17,19-20H,4-7,12-13H2,1-3H3. The van der Waals surface area contributed by atoms with E-state index in [1.165, 1.54) is 36.8 Å². The number of nitrogens with one attached hydrogen (secondary N) is 1. The summed E-state index contributed by atoms with van der Waals surface area (Å²) in [6.45, 7) is 6.75. The van der Waals surface area contributed by atoms with Gasteiger partial charge in [0.15, 0.2) is 0 Å². The van der Waals surface area contributed by atoms with Gasteiger partial charge in [-0.25, -0.2) is 0 Å². The molecule has 0 amide bonds. The summed E-state index contributed by atoms with van der Waals surface area (Å²) in [5.74, 6) is 0.682. The second-order valence-corrected chi connectivity index (χ2v) is 6.91. The second kappa shape index (κ2) is 6.73. The van der Waals surface area contributed by atoms with E-state index >= 15 is 0 Å². The molecule has 2 N–H and O–H groups in total. The van der Waals surface area contributed by atoms with Crippen LogP contribution in [0.15, 0.2) is 24.3 Å². The maximum Gasteiger partial charge on any atom is 0.0652 e. The van der Waals surface area contributed by atoms with Crippen LogP contribution in [-0.2, 0) is 12.0 Å². The van der Waals surface area contributed by atoms with Gasteiger partial charge in [0.25, 0.3) is 0 Å². The molecule has 112 valence electrons. The summed E-state index contributed by atoms with van der Waals surface area (Å²) in [5, 5.41) is 13.5. The van der Waals surface area contributed by atoms with Crippen molar-refractivity contribution in [3.63, 3.8) is 0 Å². The molecule has 0 heterocycles. The molecular weight excluding hydrogens is 246 g/mol. The molecular formula is C18H29NO. The molecule has 1 fully saturated rings. The Hall–Kier alpha value is -0.860. The van der Waals surface area contributed by atoms with Crippen LogP contribution in [0.2, 0.25) is 0 Å². The second-order valence-electron chi connectivity index (χ2n) is 6.91. The summed E-state index contributed by atoms with van der Waals surface area (Å²) >= 11 is 0. The third-order valence-electron chi connectivity index (χ3n) is 4.43. The first-order valence-electron chi connectivity index (χ1n) is 8.01. The van der Waals surface area contributed by atoms with Gasteiger partial charge in [0.2, 0.25) is 0 Å². The van der Waals surface area contributed by atoms with E-state index in [1.54, 1.807) is 0 Å². The summed E-state index contributed by atoms with van der Waals surface area (Å²) < 4.78 is 0. The first-order valence-corrected chi connectivity index (χ1v) is 8.01. The average molecular weight is 275 g/mol. The van der Waals surface area contributed by atoms with Crippen LogP contribution in [0.1, 0.15) is 57.6 Å². The van der Waals surface area contributed by atoms with Crippen molar-refractivity contribution in [2.45, 2.75) is 64.5 Å². The van der Waals surface area contributed by atoms with Crippen LogP contribution in [0.5, 0.6) is 0 Å². The lowest BCUT2D eigenvalue weighted by Crippen LogP contribution is -2.47. The fourth-order valence-electron chi connectivity index (χ4n) is 3.22. The minimum Gasteiger partial charge on any atom is -0.394 e. The summed E-state index contributed by atoms with van der Waals surface area (Å²) in [6.07, 6.45) is 6.22. The number of benzene rings is 1. The highest BCUT2D eigenvalue weighted by Crippen LogP contribution is 2.26. The largest absolute Gasteiger partial charge is 0.394 e. The molecule has 1 aliphatic carbocycles. The number of aliphatic hydroxyl groups excluding tert-OH is 1. The van der Waals surface area contributed by atoms with Crippen molar-refractivity contribution >= 4 is 0 Å². The Kier molecular flexibility index (Phi) is 5.22. The zero-order valence-corrected chi connectivity index (χ0v) is 13.2. The van der Waals surface area contributed by atoms with E-state index < -0.39 is 0 Å². The molecule has 0 aliphatic heterocycles. The molecule has 1 aliphatic rings. The summed E-state index contributed by atoms with van der Waals surface area (Å²) in [4.78, 5) is 0. The van der Waals surface area contributed by atoms with Gasteiger partial charge in [-0.3, -0.25) is 0 Å². The molecule has 0 bridgehead atoms. The quantitative estimate of drug-likeness (QED) is 0.831. The van der Waals surface area contributed by atoms with Crippen LogP contribution in [0, 0.1) is 5.92 Å². The van der Waals surface area contributed by atoms with E-state index in [9.17, 15) is 5.11 Å². The van der Waals surface area contributed by atoms with Crippen LogP contribution in [0.3, 0.4) is 0 Å². The third kappa shape index (κ3) is 3.83. The molecule has 0 spiro atoms. The zero-order chi connectivity index (χ0) is 14.6. The molecule has 1 aromatic rings. The smallest absolute Gasteiger partial charge is 0.0652 e. The van der Waals surface area contributed by atoms with E-state index in [-0.39, 0.29) is 12.1 Å². The Labute approximate surface area is 123 Å². The Balaban J connectivity index is 2.09. The summed E-state index contributed by atoms with van der Waals surface area (Å²) in [7, 11) is 0. The zero-order valence-electron chi connectivity index (χ0n) is 13.2. The number of hydrogen-bond donors (Lipinski definition) is 2. The monoisotopic (exact) mass is 275 g/mol. The molecule has 1 unspecified atom stereocenters. The molecule has 1 aromatic carbocycles. The molecule has 0 saturated heterocycles. The van der Waals surface area contributed by atoms with E-state index in [0.29, 0.717) is 12.0 Å². The molecule has 2 rings (SSSR count). The minimum absolute atomic E-state index is 0.146. The van der Waals surface area contributed by atoms with Crippen molar-refractivity contribution in [3.8, 4) is 0 Å². The molecule has 0 aromatic heterocycles. The van der Waals surface area contributed by atoms with Crippen molar-refractivity contribution in [1.29, 1.82) is 0 Å². The number of aliphatic hydroxyl groups is 1. The average Bonchev–Trinajstić information content (AvgIpc) is 2.91. The summed E-state index contributed by atoms with van der Waals surface area (Å²) in [5.41, 5.74) is 2.26. The van der Waals surface area contributed by atoms with E-state index in [0.717, 1.165) is 6.42 Å². The lowest BCUT2D eigenvalue weighted by molar-refractivity contribution is 0.161. The van der Waals surface area contributed by atoms with E-state index in [4.69, 9.17) is 0 Å². The highest BCUT2D eigenvalue weighted by atomic mass is 16.3. The normalized spacial score (nSPS) is 19.4. The van der Waals surface area contributed by atoms with Gasteiger partial charge >= 0.3 is 0 Å². The number of rotatable bonds is 6. The molecule has 20 heavy (non-hydrogen) atoms. The van der Waals surface area contributed by atoms with Crippen molar-refractivity contribution in [3.05, 3.63) is 35.4 Å². The lowest BCUT2D eigenvalue weighted by Gasteiger charge is -2.33. The van der Waals surface area contributed by atoms with Gasteiger partial charge in [-0.2, -0.15) is 0 Å². The SMILES string of the molecule is CC(C)Cc1ccc(C(C)(CO)NC2CCCC2)cc1. The lowest BCUT2D eigenvalue weighted by atomic mass is 9.90. The molecule has 2 nitrogen and oxygen atoms in total. The van der Waals surface area contributed by atoms with E-state index in [1.807, 2.05) is 0 Å². The highest BCUT2D eigenvalue weighted by molar-refractivity contribution is 5.28. The van der Waals surface area contributed by atoms with Gasteiger partial charge in [-0.15, -0.1) is 0 Å². The fraction of sp³-hybridized carbons (Fsp3) is 0.667. The Bertz CT molecular complexity index is 406. The van der Waals surface area contributed by atoms with Crippen LogP contribution in [-0.4, -0.2) is 17.8 Å². The number of hydrogen-bond acceptors (Lipinski definition) is 2. The first-order chi connectivity index (χ1) is 9.53. The van der Waals surface area contributed by atoms with Gasteiger partial charge in [0.05, 0.1) is 12.1 Å². The predicted octanol–water partition coefficient (Wildman–Crippen LogP) is 3.62. The van der Waals surface area contributed by atoms with Gasteiger partial charge in [-0.1, -0.05) is 51.0 Å². The molecule has 1 saturated carbocycles. The summed E-state index contributed by atoms with van der Waals surface area (Å²) in [6, 6.07) is 9.33. The van der Waals surface area contributed by atoms with Gasteiger partial charge < -0.3 is 10.4 Å². The molecule has 1 atom stereocenters. The Morgan fingerprint density at radius 2 is 1.80 bits per heavy atom. The third-order valence-corrected chi connectivity index (χ3v) is 4.43. The van der Waals surface area contributed by atoms with Crippen LogP contribution >= 0.6 is 0 Å². The van der Waals surface area contributed by atoms with E-state index in [2.05, 4.69) is 50.4 Å². The van der Waals surface area contributed by atoms with Crippen LogP contribution in [0.4, 0.5) is 0 Å². The Morgan fingerprint density at radius 1 is 1.20 bits per heavy atom. The van der Waals surface area contributed by atoms with Crippen LogP contribution in [0.25, 0.3) is 0 Å². The topological polar surface area (TPSA) is 32.3 Å². The van der Waals surface area contributed by atoms with Crippen molar-refractivity contribution in [2.24, 2.45) is 5.92 Å². The predicted molar refractivity (Wildman–Crippen MR) is 84.8 cm³/mol. The van der Waals surface area contributed by atoms with Crippen LogP contribution < -0.4 is 5.32 Å². The fourth-order valence-corrected chi connectivity index (χ4v) is 3.22. The van der Waals surface area contributed by atoms with Gasteiger partial charge in [0.1, 0.15) is 0 Å². The maximum absolute atomic E-state index is 9.85. The van der Waals surface area contributed by atoms with Crippen molar-refractivity contribution in [2.75, 3.05) is 6.61 Å². The van der Waals surface area contributed by atoms with Gasteiger partial charge in [0, 0.05) is 6.04 Å². The minimum atomic E-state index is -0.314. The molecule has 0 radical (unpaired) electrons. The highest BCUT2D eigenvalue weighted by Gasteiger charge is 2.29. The van der Waals surface area contributed by atoms with Crippen molar-refractivity contribution in [1.82, 2.24) is 5.32 Å². The maximum atomic E-state index is 9.85. The van der Waals surface area contributed by atoms with Gasteiger partial charge in [-0.05, 0) is 43.2 Å². The Morgan fingerprint density at radius 3 is 2.30 bits per heavy atom. The molecule has 2 heteroatoms. The van der Waals surface area contributed by atoms with Crippen molar-refractivity contribution < 1.29 is 5.11 Å².